The van der Waals surface area contributed by atoms with Crippen molar-refractivity contribution in [1.29, 1.82) is 0 Å². The van der Waals surface area contributed by atoms with Crippen LogP contribution < -0.4 is 10.2 Å². The molecule has 140 valence electrons. The van der Waals surface area contributed by atoms with E-state index < -0.39 is 11.4 Å². The van der Waals surface area contributed by atoms with Gasteiger partial charge in [0.15, 0.2) is 5.43 Å². The molecule has 1 aliphatic rings. The van der Waals surface area contributed by atoms with E-state index in [2.05, 4.69) is 20.8 Å². The summed E-state index contributed by atoms with van der Waals surface area (Å²) in [5.41, 5.74) is 1.40. The highest BCUT2D eigenvalue weighted by Crippen LogP contribution is 2.42. The van der Waals surface area contributed by atoms with Crippen LogP contribution in [0.2, 0.25) is 0 Å². The number of carbonyl (C=O) groups is 1. The van der Waals surface area contributed by atoms with Gasteiger partial charge in [-0.3, -0.25) is 9.48 Å². The second-order valence-electron chi connectivity index (χ2n) is 7.94. The van der Waals surface area contributed by atoms with Crippen molar-refractivity contribution in [2.24, 2.45) is 5.41 Å². The Morgan fingerprint density at radius 2 is 2.04 bits per heavy atom. The third-order valence-corrected chi connectivity index (χ3v) is 5.18. The van der Waals surface area contributed by atoms with E-state index >= 15 is 0 Å². The summed E-state index contributed by atoms with van der Waals surface area (Å²) in [6.45, 7) is 6.87. The van der Waals surface area contributed by atoms with Gasteiger partial charge in [-0.1, -0.05) is 20.8 Å². The Hall–Kier alpha value is -3.09. The van der Waals surface area contributed by atoms with Gasteiger partial charge in [0.2, 0.25) is 0 Å². The Labute approximate surface area is 155 Å². The number of aromatic nitrogens is 3. The molecule has 3 aromatic rings. The molecule has 0 spiro atoms. The Balaban J connectivity index is 2.08. The lowest BCUT2D eigenvalue weighted by molar-refractivity contribution is 0.0693. The van der Waals surface area contributed by atoms with Gasteiger partial charge in [-0.25, -0.2) is 4.79 Å². The standard InChI is InChI=1S/C20H21N3O4/c1-20(2,3)17-10-23-18(12-7-11(27-4)5-6-14(12)21-23)15-8-16(24)13(19(25)26)9-22(15)17/h5-9,17H,10H2,1-4H3,(H,25,26). The molecule has 0 bridgehead atoms. The van der Waals surface area contributed by atoms with Gasteiger partial charge in [0, 0.05) is 17.6 Å². The van der Waals surface area contributed by atoms with Crippen molar-refractivity contribution >= 4 is 16.9 Å². The maximum absolute atomic E-state index is 12.4. The molecule has 27 heavy (non-hydrogen) atoms. The Morgan fingerprint density at radius 1 is 1.30 bits per heavy atom. The van der Waals surface area contributed by atoms with Crippen LogP contribution in [0.25, 0.3) is 22.3 Å². The first kappa shape index (κ1) is 17.3. The second kappa shape index (κ2) is 5.70. The molecule has 2 aromatic heterocycles. The van der Waals surface area contributed by atoms with Gasteiger partial charge >= 0.3 is 5.97 Å². The summed E-state index contributed by atoms with van der Waals surface area (Å²) in [6.07, 6.45) is 1.47. The number of rotatable bonds is 2. The number of carboxylic acids is 1. The zero-order chi connectivity index (χ0) is 19.5. The molecule has 0 saturated carbocycles. The number of nitrogens with zero attached hydrogens (tertiary/aromatic N) is 3. The number of pyridine rings is 1. The fourth-order valence-electron chi connectivity index (χ4n) is 3.74. The van der Waals surface area contributed by atoms with Crippen LogP contribution in [0.1, 0.15) is 37.2 Å². The molecule has 1 unspecified atom stereocenters. The molecule has 7 nitrogen and oxygen atoms in total. The Kier molecular flexibility index (Phi) is 3.66. The quantitative estimate of drug-likeness (QED) is 0.752. The van der Waals surface area contributed by atoms with E-state index in [4.69, 9.17) is 9.84 Å². The van der Waals surface area contributed by atoms with Crippen molar-refractivity contribution in [1.82, 2.24) is 14.3 Å². The monoisotopic (exact) mass is 367 g/mol. The van der Waals surface area contributed by atoms with Crippen LogP contribution in [0.15, 0.2) is 35.3 Å². The normalized spacial score (nSPS) is 16.1. The second-order valence-corrected chi connectivity index (χ2v) is 7.94. The molecular formula is C20H21N3O4. The molecular weight excluding hydrogens is 346 g/mol. The van der Waals surface area contributed by atoms with Crippen molar-refractivity contribution in [3.63, 3.8) is 0 Å². The summed E-state index contributed by atoms with van der Waals surface area (Å²) in [5, 5.41) is 15.0. The molecule has 0 fully saturated rings. The van der Waals surface area contributed by atoms with Gasteiger partial charge in [0.25, 0.3) is 0 Å². The van der Waals surface area contributed by atoms with Gasteiger partial charge in [-0.2, -0.15) is 5.10 Å². The predicted octanol–water partition coefficient (Wildman–Crippen LogP) is 3.17. The number of aromatic carboxylic acids is 1. The summed E-state index contributed by atoms with van der Waals surface area (Å²) >= 11 is 0. The summed E-state index contributed by atoms with van der Waals surface area (Å²) in [6, 6.07) is 7.00. The van der Waals surface area contributed by atoms with Crippen LogP contribution in [0.4, 0.5) is 0 Å². The molecule has 0 amide bonds. The lowest BCUT2D eigenvalue weighted by Crippen LogP contribution is -2.35. The summed E-state index contributed by atoms with van der Waals surface area (Å²) in [7, 11) is 1.60. The number of carboxylic acid groups (broad SMARTS) is 1. The first-order valence-corrected chi connectivity index (χ1v) is 8.75. The first-order valence-electron chi connectivity index (χ1n) is 8.75. The van der Waals surface area contributed by atoms with Crippen LogP contribution in [-0.2, 0) is 6.54 Å². The average Bonchev–Trinajstić information content (AvgIpc) is 2.97. The van der Waals surface area contributed by atoms with E-state index in [9.17, 15) is 14.7 Å². The summed E-state index contributed by atoms with van der Waals surface area (Å²) in [4.78, 5) is 23.9. The van der Waals surface area contributed by atoms with E-state index in [1.165, 1.54) is 12.3 Å². The number of hydrogen-bond acceptors (Lipinski definition) is 4. The molecule has 1 aliphatic heterocycles. The minimum Gasteiger partial charge on any atom is -0.497 e. The maximum Gasteiger partial charge on any atom is 0.341 e. The largest absolute Gasteiger partial charge is 0.497 e. The van der Waals surface area contributed by atoms with Crippen molar-refractivity contribution in [3.05, 3.63) is 46.2 Å². The van der Waals surface area contributed by atoms with Gasteiger partial charge in [0.05, 0.1) is 36.6 Å². The highest BCUT2D eigenvalue weighted by atomic mass is 16.5. The molecule has 1 atom stereocenters. The van der Waals surface area contributed by atoms with E-state index in [1.54, 1.807) is 7.11 Å². The number of methoxy groups -OCH3 is 1. The smallest absolute Gasteiger partial charge is 0.341 e. The van der Waals surface area contributed by atoms with Crippen LogP contribution >= 0.6 is 0 Å². The minimum absolute atomic E-state index is 0.0464. The Bertz CT molecular complexity index is 1130. The topological polar surface area (TPSA) is 86.3 Å². The predicted molar refractivity (Wildman–Crippen MR) is 101 cm³/mol. The summed E-state index contributed by atoms with van der Waals surface area (Å²) in [5.74, 6) is -0.513. The van der Waals surface area contributed by atoms with Crippen LogP contribution in [0.3, 0.4) is 0 Å². The first-order chi connectivity index (χ1) is 12.7. The van der Waals surface area contributed by atoms with Gasteiger partial charge in [0.1, 0.15) is 11.3 Å². The third-order valence-electron chi connectivity index (χ3n) is 5.18. The number of fused-ring (bicyclic) bond motifs is 5. The lowest BCUT2D eigenvalue weighted by atomic mass is 9.85. The maximum atomic E-state index is 12.4. The molecule has 0 saturated heterocycles. The SMILES string of the molecule is COc1ccc2nn3c(c2c1)-c1cc(=O)c(C(=O)O)cn1C(C(C)(C)C)C3. The van der Waals surface area contributed by atoms with Gasteiger partial charge in [-0.05, 0) is 23.6 Å². The van der Waals surface area contributed by atoms with Crippen LogP contribution in [-0.4, -0.2) is 32.5 Å². The van der Waals surface area contributed by atoms with Crippen molar-refractivity contribution < 1.29 is 14.6 Å². The van der Waals surface area contributed by atoms with E-state index in [0.29, 0.717) is 18.0 Å². The lowest BCUT2D eigenvalue weighted by Gasteiger charge is -2.38. The van der Waals surface area contributed by atoms with Gasteiger partial charge < -0.3 is 14.4 Å². The minimum atomic E-state index is -1.21. The van der Waals surface area contributed by atoms with E-state index in [0.717, 1.165) is 16.6 Å². The van der Waals surface area contributed by atoms with Crippen molar-refractivity contribution in [3.8, 4) is 17.1 Å². The van der Waals surface area contributed by atoms with Crippen LogP contribution in [0.5, 0.6) is 5.75 Å². The third kappa shape index (κ3) is 2.61. The zero-order valence-corrected chi connectivity index (χ0v) is 15.7. The van der Waals surface area contributed by atoms with Crippen LogP contribution in [0, 0.1) is 5.41 Å². The summed E-state index contributed by atoms with van der Waals surface area (Å²) < 4.78 is 9.17. The highest BCUT2D eigenvalue weighted by Gasteiger charge is 2.35. The molecule has 3 heterocycles. The molecule has 4 rings (SSSR count). The molecule has 1 N–H and O–H groups in total. The Morgan fingerprint density at radius 3 is 2.67 bits per heavy atom. The van der Waals surface area contributed by atoms with E-state index in [1.807, 2.05) is 27.4 Å². The average molecular weight is 367 g/mol. The van der Waals surface area contributed by atoms with E-state index in [-0.39, 0.29) is 17.0 Å². The van der Waals surface area contributed by atoms with Crippen molar-refractivity contribution in [2.75, 3.05) is 7.11 Å². The molecule has 0 aliphatic carbocycles. The number of benzene rings is 1. The highest BCUT2D eigenvalue weighted by molar-refractivity contribution is 5.94. The zero-order valence-electron chi connectivity index (χ0n) is 15.7. The molecule has 7 heteroatoms. The molecule has 0 radical (unpaired) electrons. The number of ether oxygens (including phenoxy) is 1. The fourth-order valence-corrected chi connectivity index (χ4v) is 3.74. The van der Waals surface area contributed by atoms with Gasteiger partial charge in [-0.15, -0.1) is 0 Å². The number of hydrogen-bond donors (Lipinski definition) is 1. The van der Waals surface area contributed by atoms with Crippen molar-refractivity contribution in [2.45, 2.75) is 33.4 Å². The molecule has 1 aromatic carbocycles. The fraction of sp³-hybridized carbons (Fsp3) is 0.350.